The van der Waals surface area contributed by atoms with Crippen LogP contribution in [0.2, 0.25) is 0 Å². The van der Waals surface area contributed by atoms with Crippen molar-refractivity contribution in [3.05, 3.63) is 65.4 Å². The van der Waals surface area contributed by atoms with Crippen LogP contribution in [-0.2, 0) is 21.3 Å². The van der Waals surface area contributed by atoms with Gasteiger partial charge in [-0.25, -0.2) is 13.1 Å². The minimum atomic E-state index is -3.27. The Morgan fingerprint density at radius 1 is 1.03 bits per heavy atom. The highest BCUT2D eigenvalue weighted by Gasteiger charge is 2.33. The van der Waals surface area contributed by atoms with Gasteiger partial charge in [-0.15, -0.1) is 0 Å². The molecule has 1 aliphatic heterocycles. The standard InChI is InChI=1S/C22H23N3O5S/c1-3-29-19-11-10-15(12-20(19)30-4-2)22(26)23-21-17-13-31(27,28)14-18(17)24-25(21)16-8-6-5-7-9-16/h5-12H,3-4,13-14H2,1-2H3,(H,23,26). The third kappa shape index (κ3) is 4.27. The summed E-state index contributed by atoms with van der Waals surface area (Å²) in [7, 11) is -3.27. The fourth-order valence-corrected chi connectivity index (χ4v) is 4.99. The number of aromatic nitrogens is 2. The van der Waals surface area contributed by atoms with Crippen LogP contribution in [-0.4, -0.2) is 37.3 Å². The summed E-state index contributed by atoms with van der Waals surface area (Å²) in [5.41, 5.74) is 2.07. The fourth-order valence-electron chi connectivity index (χ4n) is 3.50. The Hall–Kier alpha value is -3.33. The molecule has 3 aromatic rings. The van der Waals surface area contributed by atoms with Gasteiger partial charge in [-0.1, -0.05) is 18.2 Å². The summed E-state index contributed by atoms with van der Waals surface area (Å²) >= 11 is 0. The lowest BCUT2D eigenvalue weighted by Gasteiger charge is -2.14. The molecule has 1 aromatic heterocycles. The number of benzene rings is 2. The number of nitrogens with zero attached hydrogens (tertiary/aromatic N) is 2. The van der Waals surface area contributed by atoms with E-state index in [1.807, 2.05) is 44.2 Å². The summed E-state index contributed by atoms with van der Waals surface area (Å²) in [6.07, 6.45) is 0. The lowest BCUT2D eigenvalue weighted by molar-refractivity contribution is 0.102. The van der Waals surface area contributed by atoms with Crippen LogP contribution in [0.25, 0.3) is 5.69 Å². The third-order valence-corrected chi connectivity index (χ3v) is 6.27. The number of carbonyl (C=O) groups is 1. The molecule has 0 atom stereocenters. The summed E-state index contributed by atoms with van der Waals surface area (Å²) in [5.74, 6) is 0.705. The first-order chi connectivity index (χ1) is 14.9. The predicted molar refractivity (Wildman–Crippen MR) is 117 cm³/mol. The van der Waals surface area contributed by atoms with E-state index in [0.717, 1.165) is 5.69 Å². The smallest absolute Gasteiger partial charge is 0.256 e. The van der Waals surface area contributed by atoms with Crippen molar-refractivity contribution in [2.45, 2.75) is 25.4 Å². The molecule has 0 spiro atoms. The molecule has 8 nitrogen and oxygen atoms in total. The van der Waals surface area contributed by atoms with Gasteiger partial charge in [-0.05, 0) is 44.2 Å². The van der Waals surface area contributed by atoms with Crippen LogP contribution in [0.15, 0.2) is 48.5 Å². The molecule has 0 unspecified atom stereocenters. The lowest BCUT2D eigenvalue weighted by Crippen LogP contribution is -2.17. The first-order valence-electron chi connectivity index (χ1n) is 9.99. The second-order valence-corrected chi connectivity index (χ2v) is 9.10. The molecule has 162 valence electrons. The van der Waals surface area contributed by atoms with E-state index >= 15 is 0 Å². The molecule has 0 fully saturated rings. The summed E-state index contributed by atoms with van der Waals surface area (Å²) in [4.78, 5) is 13.1. The van der Waals surface area contributed by atoms with Gasteiger partial charge in [-0.2, -0.15) is 5.10 Å². The molecule has 0 radical (unpaired) electrons. The number of amides is 1. The average Bonchev–Trinajstić information content (AvgIpc) is 3.22. The highest BCUT2D eigenvalue weighted by molar-refractivity contribution is 7.90. The van der Waals surface area contributed by atoms with Gasteiger partial charge in [0.15, 0.2) is 21.3 Å². The first-order valence-corrected chi connectivity index (χ1v) is 11.8. The zero-order chi connectivity index (χ0) is 22.0. The number of sulfone groups is 1. The Morgan fingerprint density at radius 3 is 2.45 bits per heavy atom. The van der Waals surface area contributed by atoms with E-state index in [9.17, 15) is 13.2 Å². The molecule has 1 amide bonds. The number of fused-ring (bicyclic) bond motifs is 1. The van der Waals surface area contributed by atoms with Crippen LogP contribution >= 0.6 is 0 Å². The molecule has 31 heavy (non-hydrogen) atoms. The van der Waals surface area contributed by atoms with Crippen molar-refractivity contribution < 1.29 is 22.7 Å². The Balaban J connectivity index is 1.71. The molecule has 1 aliphatic rings. The second-order valence-electron chi connectivity index (χ2n) is 7.04. The average molecular weight is 442 g/mol. The highest BCUT2D eigenvalue weighted by Crippen LogP contribution is 2.34. The topological polar surface area (TPSA) is 99.5 Å². The summed E-state index contributed by atoms with van der Waals surface area (Å²) in [5, 5.41) is 7.33. The van der Waals surface area contributed by atoms with Gasteiger partial charge >= 0.3 is 0 Å². The van der Waals surface area contributed by atoms with E-state index in [4.69, 9.17) is 9.47 Å². The molecule has 0 bridgehead atoms. The molecular weight excluding hydrogens is 418 g/mol. The van der Waals surface area contributed by atoms with Crippen LogP contribution < -0.4 is 14.8 Å². The van der Waals surface area contributed by atoms with Gasteiger partial charge in [0.1, 0.15) is 5.82 Å². The first kappa shape index (κ1) is 20.9. The Bertz CT molecular complexity index is 1220. The highest BCUT2D eigenvalue weighted by atomic mass is 32.2. The quantitative estimate of drug-likeness (QED) is 0.604. The summed E-state index contributed by atoms with van der Waals surface area (Å²) < 4.78 is 37.0. The fraction of sp³-hybridized carbons (Fsp3) is 0.273. The Morgan fingerprint density at radius 2 is 1.74 bits per heavy atom. The molecule has 2 heterocycles. The number of hydrogen-bond acceptors (Lipinski definition) is 6. The molecule has 0 saturated carbocycles. The maximum atomic E-state index is 13.1. The van der Waals surface area contributed by atoms with Crippen molar-refractivity contribution >= 4 is 21.6 Å². The number of anilines is 1. The maximum Gasteiger partial charge on any atom is 0.256 e. The van der Waals surface area contributed by atoms with Crippen molar-refractivity contribution in [3.8, 4) is 17.2 Å². The number of para-hydroxylation sites is 1. The molecular formula is C22H23N3O5S. The van der Waals surface area contributed by atoms with Crippen LogP contribution in [0, 0.1) is 0 Å². The van der Waals surface area contributed by atoms with E-state index < -0.39 is 15.7 Å². The molecule has 4 rings (SSSR count). The monoisotopic (exact) mass is 441 g/mol. The zero-order valence-corrected chi connectivity index (χ0v) is 18.1. The largest absolute Gasteiger partial charge is 0.490 e. The van der Waals surface area contributed by atoms with Crippen molar-refractivity contribution in [3.63, 3.8) is 0 Å². The Kier molecular flexibility index (Phi) is 5.69. The van der Waals surface area contributed by atoms with Gasteiger partial charge in [0.2, 0.25) is 0 Å². The SMILES string of the molecule is CCOc1ccc(C(=O)Nc2c3c(nn2-c2ccccc2)CS(=O)(=O)C3)cc1OCC. The van der Waals surface area contributed by atoms with E-state index in [0.29, 0.717) is 47.4 Å². The number of rotatable bonds is 7. The summed E-state index contributed by atoms with van der Waals surface area (Å²) in [6.45, 7) is 4.63. The Labute approximate surface area is 180 Å². The van der Waals surface area contributed by atoms with E-state index in [1.165, 1.54) is 0 Å². The normalized spacial score (nSPS) is 14.1. The summed E-state index contributed by atoms with van der Waals surface area (Å²) in [6, 6.07) is 14.2. The zero-order valence-electron chi connectivity index (χ0n) is 17.3. The van der Waals surface area contributed by atoms with Gasteiger partial charge in [0.25, 0.3) is 5.91 Å². The van der Waals surface area contributed by atoms with Crippen LogP contribution in [0.3, 0.4) is 0 Å². The van der Waals surface area contributed by atoms with Gasteiger partial charge in [-0.3, -0.25) is 4.79 Å². The molecule has 0 saturated heterocycles. The van der Waals surface area contributed by atoms with Crippen molar-refractivity contribution in [1.82, 2.24) is 9.78 Å². The molecule has 9 heteroatoms. The van der Waals surface area contributed by atoms with Crippen molar-refractivity contribution in [2.24, 2.45) is 0 Å². The van der Waals surface area contributed by atoms with Crippen LogP contribution in [0.1, 0.15) is 35.5 Å². The van der Waals surface area contributed by atoms with Gasteiger partial charge in [0, 0.05) is 11.1 Å². The van der Waals surface area contributed by atoms with Crippen LogP contribution in [0.5, 0.6) is 11.5 Å². The number of carbonyl (C=O) groups excluding carboxylic acids is 1. The third-order valence-electron chi connectivity index (χ3n) is 4.83. The van der Waals surface area contributed by atoms with Crippen molar-refractivity contribution in [2.75, 3.05) is 18.5 Å². The molecule has 1 N–H and O–H groups in total. The van der Waals surface area contributed by atoms with E-state index in [2.05, 4.69) is 10.4 Å². The lowest BCUT2D eigenvalue weighted by atomic mass is 10.1. The van der Waals surface area contributed by atoms with Gasteiger partial charge < -0.3 is 14.8 Å². The van der Waals surface area contributed by atoms with E-state index in [-0.39, 0.29) is 11.5 Å². The van der Waals surface area contributed by atoms with E-state index in [1.54, 1.807) is 22.9 Å². The molecule has 0 aliphatic carbocycles. The number of hydrogen-bond donors (Lipinski definition) is 1. The van der Waals surface area contributed by atoms with Crippen molar-refractivity contribution in [1.29, 1.82) is 0 Å². The molecule has 2 aromatic carbocycles. The van der Waals surface area contributed by atoms with Crippen LogP contribution in [0.4, 0.5) is 5.82 Å². The minimum Gasteiger partial charge on any atom is -0.490 e. The predicted octanol–water partition coefficient (Wildman–Crippen LogP) is 3.35. The van der Waals surface area contributed by atoms with Gasteiger partial charge in [0.05, 0.1) is 36.1 Å². The number of nitrogens with one attached hydrogen (secondary N) is 1. The second kappa shape index (κ2) is 8.43. The minimum absolute atomic E-state index is 0.136. The maximum absolute atomic E-state index is 13.1. The number of ether oxygens (including phenoxy) is 2.